The number of rotatable bonds is 5. The first-order valence-electron chi connectivity index (χ1n) is 6.23. The summed E-state index contributed by atoms with van der Waals surface area (Å²) < 4.78 is 5.67. The molecule has 0 atom stereocenters. The Morgan fingerprint density at radius 2 is 1.81 bits per heavy atom. The molecule has 0 bridgehead atoms. The number of benzene rings is 2. The molecule has 0 aliphatic heterocycles. The molecule has 2 rings (SSSR count). The summed E-state index contributed by atoms with van der Waals surface area (Å²) in [5.74, 6) is 0.667. The summed E-state index contributed by atoms with van der Waals surface area (Å²) in [6, 6.07) is 15.0. The van der Waals surface area contributed by atoms with Gasteiger partial charge in [0.2, 0.25) is 5.96 Å². The van der Waals surface area contributed by atoms with E-state index in [2.05, 4.69) is 10.2 Å². The average Bonchev–Trinajstić information content (AvgIpc) is 2.47. The van der Waals surface area contributed by atoms with Gasteiger partial charge in [-0.05, 0) is 35.9 Å². The maximum atomic E-state index is 6.07. The summed E-state index contributed by atoms with van der Waals surface area (Å²) in [6.45, 7) is 0.418. The first kappa shape index (κ1) is 14.9. The van der Waals surface area contributed by atoms with Crippen LogP contribution in [0.3, 0.4) is 0 Å². The Hall–Kier alpha value is -2.53. The van der Waals surface area contributed by atoms with Gasteiger partial charge in [-0.3, -0.25) is 0 Å². The molecule has 6 heteroatoms. The molecule has 0 heterocycles. The molecule has 0 saturated heterocycles. The average molecular weight is 303 g/mol. The van der Waals surface area contributed by atoms with Gasteiger partial charge in [0.25, 0.3) is 0 Å². The number of halogens is 1. The smallest absolute Gasteiger partial charge is 0.211 e. The second kappa shape index (κ2) is 7.31. The predicted octanol–water partition coefficient (Wildman–Crippen LogP) is 2.53. The number of hydrogen-bond donors (Lipinski definition) is 2. The SMILES string of the molecule is NC(N)=N/N=C/c1ccc(OCc2ccccc2Cl)cc1. The van der Waals surface area contributed by atoms with Crippen LogP contribution in [-0.2, 0) is 6.61 Å². The Bertz CT molecular complexity index is 649. The third-order valence-electron chi connectivity index (χ3n) is 2.61. The molecule has 2 aromatic rings. The van der Waals surface area contributed by atoms with E-state index in [1.54, 1.807) is 6.21 Å². The van der Waals surface area contributed by atoms with Crippen LogP contribution >= 0.6 is 11.6 Å². The van der Waals surface area contributed by atoms with E-state index >= 15 is 0 Å². The van der Waals surface area contributed by atoms with E-state index in [0.717, 1.165) is 16.9 Å². The van der Waals surface area contributed by atoms with Crippen LogP contribution in [-0.4, -0.2) is 12.2 Å². The zero-order valence-electron chi connectivity index (χ0n) is 11.2. The fourth-order valence-corrected chi connectivity index (χ4v) is 1.78. The molecule has 0 aliphatic carbocycles. The fraction of sp³-hybridized carbons (Fsp3) is 0.0667. The van der Waals surface area contributed by atoms with Crippen LogP contribution in [0.1, 0.15) is 11.1 Å². The summed E-state index contributed by atoms with van der Waals surface area (Å²) in [7, 11) is 0. The Kier molecular flexibility index (Phi) is 5.17. The van der Waals surface area contributed by atoms with E-state index in [-0.39, 0.29) is 5.96 Å². The van der Waals surface area contributed by atoms with Crippen LogP contribution in [0.15, 0.2) is 58.7 Å². The van der Waals surface area contributed by atoms with Gasteiger partial charge in [0.05, 0.1) is 6.21 Å². The van der Waals surface area contributed by atoms with Crippen LogP contribution in [0.5, 0.6) is 5.75 Å². The lowest BCUT2D eigenvalue weighted by Crippen LogP contribution is -2.21. The van der Waals surface area contributed by atoms with Crippen LogP contribution in [0.4, 0.5) is 0 Å². The van der Waals surface area contributed by atoms with Crippen molar-refractivity contribution in [3.05, 3.63) is 64.7 Å². The van der Waals surface area contributed by atoms with Crippen molar-refractivity contribution in [1.29, 1.82) is 0 Å². The minimum Gasteiger partial charge on any atom is -0.489 e. The quantitative estimate of drug-likeness (QED) is 0.505. The molecule has 0 amide bonds. The summed E-state index contributed by atoms with van der Waals surface area (Å²) in [5, 5.41) is 7.95. The van der Waals surface area contributed by atoms with Crippen molar-refractivity contribution >= 4 is 23.8 Å². The van der Waals surface area contributed by atoms with Crippen molar-refractivity contribution in [3.63, 3.8) is 0 Å². The Balaban J connectivity index is 1.95. The van der Waals surface area contributed by atoms with Gasteiger partial charge in [-0.1, -0.05) is 29.8 Å². The second-order valence-electron chi connectivity index (χ2n) is 4.22. The number of nitrogens with two attached hydrogens (primary N) is 2. The molecule has 2 aromatic carbocycles. The summed E-state index contributed by atoms with van der Waals surface area (Å²) in [6.07, 6.45) is 1.55. The standard InChI is InChI=1S/C15H15ClN4O/c16-14-4-2-1-3-12(14)10-21-13-7-5-11(6-8-13)9-19-20-15(17)18/h1-9H,10H2,(H4,17,18,20)/b19-9+. The highest BCUT2D eigenvalue weighted by Crippen LogP contribution is 2.18. The van der Waals surface area contributed by atoms with Gasteiger partial charge in [0, 0.05) is 10.6 Å². The fourth-order valence-electron chi connectivity index (χ4n) is 1.59. The van der Waals surface area contributed by atoms with Gasteiger partial charge < -0.3 is 16.2 Å². The van der Waals surface area contributed by atoms with Crippen molar-refractivity contribution < 1.29 is 4.74 Å². The van der Waals surface area contributed by atoms with Gasteiger partial charge >= 0.3 is 0 Å². The predicted molar refractivity (Wildman–Crippen MR) is 85.6 cm³/mol. The van der Waals surface area contributed by atoms with Gasteiger partial charge in [0.15, 0.2) is 0 Å². The van der Waals surface area contributed by atoms with Crippen LogP contribution in [0.2, 0.25) is 5.02 Å². The first-order chi connectivity index (χ1) is 10.1. The van der Waals surface area contributed by atoms with E-state index < -0.39 is 0 Å². The van der Waals surface area contributed by atoms with Crippen LogP contribution < -0.4 is 16.2 Å². The Morgan fingerprint density at radius 1 is 1.10 bits per heavy atom. The molecule has 0 saturated carbocycles. The van der Waals surface area contributed by atoms with E-state index in [4.69, 9.17) is 27.8 Å². The molecule has 5 nitrogen and oxygen atoms in total. The third kappa shape index (κ3) is 4.81. The molecule has 0 fully saturated rings. The topological polar surface area (TPSA) is 86.0 Å². The first-order valence-corrected chi connectivity index (χ1v) is 6.61. The van der Waals surface area contributed by atoms with Gasteiger partial charge in [-0.2, -0.15) is 5.10 Å². The molecule has 21 heavy (non-hydrogen) atoms. The van der Waals surface area contributed by atoms with E-state index in [0.29, 0.717) is 11.6 Å². The highest BCUT2D eigenvalue weighted by molar-refractivity contribution is 6.31. The minimum absolute atomic E-state index is 0.0778. The number of guanidine groups is 1. The van der Waals surface area contributed by atoms with Crippen LogP contribution in [0, 0.1) is 0 Å². The highest BCUT2D eigenvalue weighted by Gasteiger charge is 2.00. The summed E-state index contributed by atoms with van der Waals surface area (Å²) in [5.41, 5.74) is 12.1. The zero-order chi connectivity index (χ0) is 15.1. The number of ether oxygens (including phenoxy) is 1. The molecule has 4 N–H and O–H groups in total. The summed E-state index contributed by atoms with van der Waals surface area (Å²) >= 11 is 6.07. The van der Waals surface area contributed by atoms with Gasteiger partial charge in [-0.25, -0.2) is 0 Å². The Morgan fingerprint density at radius 3 is 2.48 bits per heavy atom. The molecule has 0 aliphatic rings. The largest absolute Gasteiger partial charge is 0.489 e. The number of nitrogens with zero attached hydrogens (tertiary/aromatic N) is 2. The molecule has 108 valence electrons. The van der Waals surface area contributed by atoms with Crippen molar-refractivity contribution in [1.82, 2.24) is 0 Å². The summed E-state index contributed by atoms with van der Waals surface area (Å²) in [4.78, 5) is 0. The maximum Gasteiger partial charge on any atom is 0.211 e. The van der Waals surface area contributed by atoms with Crippen LogP contribution in [0.25, 0.3) is 0 Å². The van der Waals surface area contributed by atoms with E-state index in [1.165, 1.54) is 0 Å². The lowest BCUT2D eigenvalue weighted by molar-refractivity contribution is 0.306. The second-order valence-corrected chi connectivity index (χ2v) is 4.63. The normalized spacial score (nSPS) is 10.5. The zero-order valence-corrected chi connectivity index (χ0v) is 12.0. The highest BCUT2D eigenvalue weighted by atomic mass is 35.5. The van der Waals surface area contributed by atoms with Crippen molar-refractivity contribution in [2.45, 2.75) is 6.61 Å². The van der Waals surface area contributed by atoms with Crippen molar-refractivity contribution in [2.75, 3.05) is 0 Å². The maximum absolute atomic E-state index is 6.07. The molecular weight excluding hydrogens is 288 g/mol. The lowest BCUT2D eigenvalue weighted by Gasteiger charge is -2.07. The Labute approximate surface area is 127 Å². The molecule has 0 aromatic heterocycles. The van der Waals surface area contributed by atoms with E-state index in [1.807, 2.05) is 48.5 Å². The number of hydrogen-bond acceptors (Lipinski definition) is 3. The van der Waals surface area contributed by atoms with Gasteiger partial charge in [-0.15, -0.1) is 5.10 Å². The van der Waals surface area contributed by atoms with Gasteiger partial charge in [0.1, 0.15) is 12.4 Å². The molecule has 0 radical (unpaired) electrons. The monoisotopic (exact) mass is 302 g/mol. The lowest BCUT2D eigenvalue weighted by atomic mass is 10.2. The van der Waals surface area contributed by atoms with Crippen molar-refractivity contribution in [3.8, 4) is 5.75 Å². The van der Waals surface area contributed by atoms with Crippen molar-refractivity contribution in [2.24, 2.45) is 21.7 Å². The molecule has 0 unspecified atom stereocenters. The minimum atomic E-state index is -0.0778. The molecule has 0 spiro atoms. The van der Waals surface area contributed by atoms with E-state index in [9.17, 15) is 0 Å². The third-order valence-corrected chi connectivity index (χ3v) is 2.98. The molecular formula is C15H15ClN4O.